The van der Waals surface area contributed by atoms with E-state index in [1.54, 1.807) is 0 Å². The zero-order chi connectivity index (χ0) is 29.7. The minimum atomic E-state index is -6.72. The van der Waals surface area contributed by atoms with Crippen LogP contribution in [-0.2, 0) is 37.6 Å². The number of pyridine rings is 1. The van der Waals surface area contributed by atoms with Crippen molar-refractivity contribution in [2.45, 2.75) is 109 Å². The van der Waals surface area contributed by atoms with Gasteiger partial charge in [-0.15, -0.1) is 0 Å². The Balaban J connectivity index is 0.000000793. The molecule has 0 aliphatic rings. The van der Waals surface area contributed by atoms with E-state index in [1.807, 2.05) is 0 Å². The molecule has 1 aromatic rings. The van der Waals surface area contributed by atoms with E-state index in [-0.39, 0.29) is 0 Å². The van der Waals surface area contributed by atoms with Gasteiger partial charge in [-0.25, -0.2) is 21.4 Å². The van der Waals surface area contributed by atoms with Crippen molar-refractivity contribution in [2.24, 2.45) is 0 Å². The molecule has 16 heteroatoms. The molecule has 0 bridgehead atoms. The van der Waals surface area contributed by atoms with Gasteiger partial charge in [0.05, 0.1) is 6.61 Å². The summed E-state index contributed by atoms with van der Waals surface area (Å²) < 4.78 is 118. The van der Waals surface area contributed by atoms with Gasteiger partial charge in [0.25, 0.3) is 0 Å². The molecule has 0 aromatic carbocycles. The van der Waals surface area contributed by atoms with Gasteiger partial charge in [0.1, 0.15) is 6.54 Å². The number of aryl methyl sites for hydroxylation is 1. The quantitative estimate of drug-likeness (QED) is 0.0923. The highest BCUT2D eigenvalue weighted by Crippen LogP contribution is 2.36. The molecular weight excluding hydrogens is 578 g/mol. The van der Waals surface area contributed by atoms with E-state index >= 15 is 0 Å². The molecule has 0 spiro atoms. The number of hydrogen-bond acceptors (Lipinski definition) is 5. The first-order valence-corrected chi connectivity index (χ1v) is 17.8. The summed E-state index contributed by atoms with van der Waals surface area (Å²) >= 11 is 0. The zero-order valence-corrected chi connectivity index (χ0v) is 24.7. The van der Waals surface area contributed by atoms with Crippen LogP contribution >= 0.6 is 0 Å². The van der Waals surface area contributed by atoms with E-state index in [0.29, 0.717) is 0 Å². The fourth-order valence-electron chi connectivity index (χ4n) is 3.38. The Morgan fingerprint density at radius 2 is 1.29 bits per heavy atom. The van der Waals surface area contributed by atoms with Crippen molar-refractivity contribution in [1.29, 1.82) is 0 Å². The number of nitrogens with zero attached hydrogens (tertiary/aromatic N) is 2. The normalized spacial score (nSPS) is 13.2. The molecule has 1 rings (SSSR count). The van der Waals surface area contributed by atoms with Crippen molar-refractivity contribution in [3.05, 3.63) is 34.2 Å². The number of hydrogen-bond donors (Lipinski definition) is 0. The van der Waals surface area contributed by atoms with Gasteiger partial charge in [0.15, 0.2) is 40.8 Å². The van der Waals surface area contributed by atoms with Gasteiger partial charge in [-0.05, 0) is 30.6 Å². The fraction of sp³-hybridized carbons (Fsp3) is 0.773. The Kier molecular flexibility index (Phi) is 15.6. The Morgan fingerprint density at radius 3 is 1.74 bits per heavy atom. The van der Waals surface area contributed by atoms with Crippen LogP contribution in [0.15, 0.2) is 24.5 Å². The molecule has 7 nitrogen and oxygen atoms in total. The van der Waals surface area contributed by atoms with Crippen LogP contribution in [-0.4, -0.2) is 36.2 Å². The Hall–Kier alpha value is -1.23. The molecule has 0 unspecified atom stereocenters. The molecule has 38 heavy (non-hydrogen) atoms. The summed E-state index contributed by atoms with van der Waals surface area (Å²) in [6, 6.07) is 8.06. The molecule has 0 fully saturated rings. The van der Waals surface area contributed by atoms with Crippen LogP contribution in [0, 0.1) is 0 Å². The van der Waals surface area contributed by atoms with E-state index in [0.717, 1.165) is 17.3 Å². The highest BCUT2D eigenvalue weighted by molar-refractivity contribution is 8.13. The molecule has 0 saturated carbocycles. The minimum Gasteiger partial charge on any atom is -0.421 e. The maximum atomic E-state index is 11.4. The molecule has 0 aliphatic heterocycles. The topological polar surface area (TPSA) is 95.5 Å². The van der Waals surface area contributed by atoms with Crippen molar-refractivity contribution in [2.75, 3.05) is 0 Å². The summed E-state index contributed by atoms with van der Waals surface area (Å²) in [7, 11) is -14.9. The summed E-state index contributed by atoms with van der Waals surface area (Å²) in [6.07, 6.45) is 12.6. The fourth-order valence-corrected chi connectivity index (χ4v) is 7.68. The van der Waals surface area contributed by atoms with Crippen LogP contribution in [0.1, 0.15) is 71.8 Å². The summed E-state index contributed by atoms with van der Waals surface area (Å²) in [5.74, 6) is 0. The smallest absolute Gasteiger partial charge is 0.421 e. The SMILES string of the molecule is CCCCCCCC[n+]1cccc(CO[Si](CC)(CC)CC)c1.O=S(=O)([N-]S(=O)(=O)C(F)(F)F)C(F)(F)F. The average molecular weight is 617 g/mol. The number of alkyl halides is 6. The Bertz CT molecular complexity index is 981. The molecule has 0 aliphatic carbocycles. The second-order valence-electron chi connectivity index (χ2n) is 8.67. The van der Waals surface area contributed by atoms with Gasteiger partial charge < -0.3 is 8.55 Å². The second kappa shape index (κ2) is 16.1. The number of aromatic nitrogens is 1. The third-order valence-electron chi connectivity index (χ3n) is 5.95. The average Bonchev–Trinajstić information content (AvgIpc) is 2.81. The van der Waals surface area contributed by atoms with Crippen LogP contribution in [0.4, 0.5) is 26.3 Å². The predicted molar refractivity (Wildman–Crippen MR) is 135 cm³/mol. The van der Waals surface area contributed by atoms with E-state index in [2.05, 4.69) is 56.8 Å². The van der Waals surface area contributed by atoms with Gasteiger partial charge in [-0.3, -0.25) is 0 Å². The highest BCUT2D eigenvalue weighted by atomic mass is 32.3. The highest BCUT2D eigenvalue weighted by Gasteiger charge is 2.46. The maximum absolute atomic E-state index is 11.4. The molecule has 0 amide bonds. The zero-order valence-electron chi connectivity index (χ0n) is 22.1. The number of halogens is 6. The molecular formula is C22H38F6N2O5S2Si. The molecule has 1 aromatic heterocycles. The third-order valence-corrected chi connectivity index (χ3v) is 13.3. The Labute approximate surface area is 223 Å². The lowest BCUT2D eigenvalue weighted by molar-refractivity contribution is -0.697. The van der Waals surface area contributed by atoms with Gasteiger partial charge >= 0.3 is 11.0 Å². The molecule has 0 atom stereocenters. The lowest BCUT2D eigenvalue weighted by Gasteiger charge is -2.27. The first kappa shape index (κ1) is 36.8. The monoisotopic (exact) mass is 616 g/mol. The van der Waals surface area contributed by atoms with Gasteiger partial charge in [0, 0.05) is 18.1 Å². The van der Waals surface area contributed by atoms with Gasteiger partial charge in [-0.2, -0.15) is 26.3 Å². The first-order valence-electron chi connectivity index (χ1n) is 12.4. The molecule has 0 saturated heterocycles. The van der Waals surface area contributed by atoms with Crippen LogP contribution in [0.2, 0.25) is 18.1 Å². The summed E-state index contributed by atoms with van der Waals surface area (Å²) in [5.41, 5.74) is -11.1. The third kappa shape index (κ3) is 12.7. The summed E-state index contributed by atoms with van der Waals surface area (Å²) in [4.78, 5) is 0. The summed E-state index contributed by atoms with van der Waals surface area (Å²) in [6.45, 7) is 11.1. The molecule has 0 radical (unpaired) electrons. The van der Waals surface area contributed by atoms with Gasteiger partial charge in [-0.1, -0.05) is 53.4 Å². The van der Waals surface area contributed by atoms with Crippen LogP contribution in [0.25, 0.3) is 4.13 Å². The van der Waals surface area contributed by atoms with Gasteiger partial charge in [0.2, 0.25) is 0 Å². The van der Waals surface area contributed by atoms with Crippen LogP contribution in [0.3, 0.4) is 0 Å². The summed E-state index contributed by atoms with van der Waals surface area (Å²) in [5, 5.41) is 0. The number of sulfonamides is 2. The standard InChI is InChI=1S/C20H38NOSi.C2F6NO4S2/c1-5-9-10-11-12-13-16-21-17-14-15-20(18-21)19-22-23(6-2,7-3)8-4;3-1(4,5)14(10,11)9-15(12,13)2(6,7)8/h14-15,17-18H,5-13,16,19H2,1-4H3;/q+1;-1. The number of unbranched alkanes of at least 4 members (excludes halogenated alkanes) is 5. The van der Waals surface area contributed by atoms with Crippen molar-refractivity contribution < 1.29 is 52.2 Å². The van der Waals surface area contributed by atoms with E-state index in [9.17, 15) is 43.2 Å². The largest absolute Gasteiger partial charge is 0.480 e. The Morgan fingerprint density at radius 1 is 0.816 bits per heavy atom. The lowest BCUT2D eigenvalue weighted by atomic mass is 10.1. The van der Waals surface area contributed by atoms with Crippen LogP contribution in [0.5, 0.6) is 0 Å². The molecule has 1 heterocycles. The number of rotatable bonds is 15. The van der Waals surface area contributed by atoms with E-state index in [4.69, 9.17) is 4.43 Å². The predicted octanol–water partition coefficient (Wildman–Crippen LogP) is 6.92. The molecule has 0 N–H and O–H groups in total. The maximum Gasteiger partial charge on any atom is 0.480 e. The minimum absolute atomic E-state index is 0.778. The molecule has 224 valence electrons. The van der Waals surface area contributed by atoms with E-state index < -0.39 is 39.4 Å². The van der Waals surface area contributed by atoms with Crippen molar-refractivity contribution in [3.8, 4) is 0 Å². The van der Waals surface area contributed by atoms with Crippen molar-refractivity contribution in [3.63, 3.8) is 0 Å². The first-order chi connectivity index (χ1) is 17.4. The van der Waals surface area contributed by atoms with E-state index in [1.165, 1.54) is 62.2 Å². The van der Waals surface area contributed by atoms with Crippen molar-refractivity contribution >= 4 is 28.4 Å². The second-order valence-corrected chi connectivity index (χ2v) is 16.9. The van der Waals surface area contributed by atoms with Crippen molar-refractivity contribution in [1.82, 2.24) is 0 Å². The van der Waals surface area contributed by atoms with Crippen LogP contribution < -0.4 is 4.57 Å². The lowest BCUT2D eigenvalue weighted by Crippen LogP contribution is -2.36.